The molecule has 7 heteroatoms. The number of rotatable bonds is 3. The van der Waals surface area contributed by atoms with E-state index in [1.807, 2.05) is 18.2 Å². The van der Waals surface area contributed by atoms with Crippen molar-refractivity contribution < 1.29 is 9.90 Å². The lowest BCUT2D eigenvalue weighted by Gasteiger charge is -2.02. The van der Waals surface area contributed by atoms with Gasteiger partial charge in [0.1, 0.15) is 5.75 Å². The molecule has 2 heterocycles. The second kappa shape index (κ2) is 4.61. The van der Waals surface area contributed by atoms with Crippen molar-refractivity contribution in [1.82, 2.24) is 19.8 Å². The molecule has 3 N–H and O–H groups in total. The van der Waals surface area contributed by atoms with E-state index in [4.69, 9.17) is 5.73 Å². The fourth-order valence-electron chi connectivity index (χ4n) is 1.90. The van der Waals surface area contributed by atoms with E-state index in [9.17, 15) is 9.90 Å². The highest BCUT2D eigenvalue weighted by Crippen LogP contribution is 2.13. The maximum Gasteiger partial charge on any atom is 0.288 e. The maximum absolute atomic E-state index is 11.2. The molecule has 0 aliphatic carbocycles. The molecule has 0 bridgehead atoms. The van der Waals surface area contributed by atoms with Crippen LogP contribution < -0.4 is 5.73 Å². The van der Waals surface area contributed by atoms with Crippen molar-refractivity contribution in [2.45, 2.75) is 6.42 Å². The Hall–Kier alpha value is -2.96. The standard InChI is InChI=1S/C13H11N5O2/c14-12(20)13-16-15-11-6-3-9(17-18(11)13)7-8-1-4-10(19)5-2-8/h1-6,19H,7H2,(H2,14,20). The Morgan fingerprint density at radius 3 is 2.60 bits per heavy atom. The number of aromatic hydroxyl groups is 1. The molecule has 0 radical (unpaired) electrons. The highest BCUT2D eigenvalue weighted by Gasteiger charge is 2.12. The third-order valence-electron chi connectivity index (χ3n) is 2.86. The number of benzene rings is 1. The number of fused-ring (bicyclic) bond motifs is 1. The lowest BCUT2D eigenvalue weighted by molar-refractivity contribution is 0.0988. The van der Waals surface area contributed by atoms with Gasteiger partial charge >= 0.3 is 0 Å². The first kappa shape index (κ1) is 12.1. The van der Waals surface area contributed by atoms with E-state index in [1.54, 1.807) is 18.2 Å². The monoisotopic (exact) mass is 269 g/mol. The van der Waals surface area contributed by atoms with Gasteiger partial charge in [0.2, 0.25) is 5.82 Å². The van der Waals surface area contributed by atoms with Gasteiger partial charge in [-0.2, -0.15) is 9.61 Å². The van der Waals surface area contributed by atoms with Gasteiger partial charge in [-0.15, -0.1) is 10.2 Å². The van der Waals surface area contributed by atoms with Crippen molar-refractivity contribution in [3.8, 4) is 5.75 Å². The molecule has 7 nitrogen and oxygen atoms in total. The second-order valence-corrected chi connectivity index (χ2v) is 4.33. The average molecular weight is 269 g/mol. The summed E-state index contributed by atoms with van der Waals surface area (Å²) in [6.45, 7) is 0. The summed E-state index contributed by atoms with van der Waals surface area (Å²) in [6, 6.07) is 10.4. The normalized spacial score (nSPS) is 10.8. The van der Waals surface area contributed by atoms with Gasteiger partial charge in [0.25, 0.3) is 5.91 Å². The van der Waals surface area contributed by atoms with Gasteiger partial charge in [-0.05, 0) is 29.8 Å². The van der Waals surface area contributed by atoms with Crippen molar-refractivity contribution in [2.75, 3.05) is 0 Å². The summed E-state index contributed by atoms with van der Waals surface area (Å²) >= 11 is 0. The van der Waals surface area contributed by atoms with E-state index in [0.717, 1.165) is 11.3 Å². The van der Waals surface area contributed by atoms with E-state index in [2.05, 4.69) is 15.3 Å². The third kappa shape index (κ3) is 2.16. The topological polar surface area (TPSA) is 106 Å². The molecule has 0 saturated carbocycles. The van der Waals surface area contributed by atoms with Gasteiger partial charge in [-0.25, -0.2) is 0 Å². The number of carbonyl (C=O) groups excluding carboxylic acids is 1. The Labute approximate surface area is 113 Å². The minimum atomic E-state index is -0.674. The Bertz CT molecular complexity index is 779. The predicted octanol–water partition coefficient (Wildman–Crippen LogP) is 0.520. The zero-order valence-corrected chi connectivity index (χ0v) is 10.4. The minimum absolute atomic E-state index is 0.00700. The van der Waals surface area contributed by atoms with Crippen molar-refractivity contribution in [3.05, 3.63) is 53.5 Å². The summed E-state index contributed by atoms with van der Waals surface area (Å²) in [5, 5.41) is 21.1. The first-order valence-corrected chi connectivity index (χ1v) is 5.92. The van der Waals surface area contributed by atoms with Gasteiger partial charge in [-0.1, -0.05) is 12.1 Å². The van der Waals surface area contributed by atoms with E-state index in [-0.39, 0.29) is 11.6 Å². The van der Waals surface area contributed by atoms with Gasteiger partial charge in [0.05, 0.1) is 5.69 Å². The summed E-state index contributed by atoms with van der Waals surface area (Å²) in [4.78, 5) is 11.2. The molecule has 0 fully saturated rings. The Kier molecular flexibility index (Phi) is 2.79. The molecule has 100 valence electrons. The largest absolute Gasteiger partial charge is 0.508 e. The maximum atomic E-state index is 11.2. The number of nitrogens with zero attached hydrogens (tertiary/aromatic N) is 4. The molecule has 0 unspecified atom stereocenters. The fraction of sp³-hybridized carbons (Fsp3) is 0.0769. The van der Waals surface area contributed by atoms with Crippen LogP contribution in [-0.4, -0.2) is 30.8 Å². The summed E-state index contributed by atoms with van der Waals surface area (Å²) < 4.78 is 1.33. The quantitative estimate of drug-likeness (QED) is 0.721. The van der Waals surface area contributed by atoms with E-state index >= 15 is 0 Å². The van der Waals surface area contributed by atoms with Crippen molar-refractivity contribution in [3.63, 3.8) is 0 Å². The van der Waals surface area contributed by atoms with Crippen LogP contribution >= 0.6 is 0 Å². The highest BCUT2D eigenvalue weighted by atomic mass is 16.3. The van der Waals surface area contributed by atoms with Gasteiger partial charge in [0.15, 0.2) is 5.65 Å². The van der Waals surface area contributed by atoms with Crippen LogP contribution in [0, 0.1) is 0 Å². The Morgan fingerprint density at radius 2 is 1.90 bits per heavy atom. The van der Waals surface area contributed by atoms with Crippen LogP contribution in [0.5, 0.6) is 5.75 Å². The number of amides is 1. The lowest BCUT2D eigenvalue weighted by atomic mass is 10.1. The SMILES string of the molecule is NC(=O)c1nnc2ccc(Cc3ccc(O)cc3)nn12. The molecular formula is C13H11N5O2. The summed E-state index contributed by atoms with van der Waals surface area (Å²) in [7, 11) is 0. The number of primary amides is 1. The molecule has 0 aliphatic rings. The molecule has 20 heavy (non-hydrogen) atoms. The molecule has 0 aliphatic heterocycles. The van der Waals surface area contributed by atoms with E-state index in [0.29, 0.717) is 12.1 Å². The van der Waals surface area contributed by atoms with Crippen molar-refractivity contribution in [2.24, 2.45) is 5.73 Å². The van der Waals surface area contributed by atoms with Crippen LogP contribution in [0.3, 0.4) is 0 Å². The third-order valence-corrected chi connectivity index (χ3v) is 2.86. The smallest absolute Gasteiger partial charge is 0.288 e. The van der Waals surface area contributed by atoms with E-state index in [1.165, 1.54) is 4.52 Å². The van der Waals surface area contributed by atoms with Gasteiger partial charge in [0, 0.05) is 6.42 Å². The Morgan fingerprint density at radius 1 is 1.15 bits per heavy atom. The first-order chi connectivity index (χ1) is 9.63. The average Bonchev–Trinajstić information content (AvgIpc) is 2.84. The van der Waals surface area contributed by atoms with Crippen LogP contribution in [0.2, 0.25) is 0 Å². The highest BCUT2D eigenvalue weighted by molar-refractivity contribution is 5.89. The van der Waals surface area contributed by atoms with E-state index < -0.39 is 5.91 Å². The van der Waals surface area contributed by atoms with Crippen LogP contribution in [0.1, 0.15) is 21.9 Å². The molecule has 1 amide bonds. The van der Waals surface area contributed by atoms with Gasteiger partial charge < -0.3 is 10.8 Å². The zero-order chi connectivity index (χ0) is 14.1. The summed E-state index contributed by atoms with van der Waals surface area (Å²) in [5.74, 6) is -0.452. The van der Waals surface area contributed by atoms with Crippen LogP contribution in [0.25, 0.3) is 5.65 Å². The van der Waals surface area contributed by atoms with Crippen LogP contribution in [0.4, 0.5) is 0 Å². The van der Waals surface area contributed by atoms with Gasteiger partial charge in [-0.3, -0.25) is 4.79 Å². The molecule has 1 aromatic carbocycles. The number of phenolic OH excluding ortho intramolecular Hbond substituents is 1. The number of carbonyl (C=O) groups is 1. The molecule has 0 atom stereocenters. The molecule has 0 saturated heterocycles. The summed E-state index contributed by atoms with van der Waals surface area (Å²) in [6.07, 6.45) is 0.562. The summed E-state index contributed by atoms with van der Waals surface area (Å²) in [5.41, 5.74) is 7.41. The number of hydrogen-bond donors (Lipinski definition) is 2. The van der Waals surface area contributed by atoms with Crippen molar-refractivity contribution >= 4 is 11.6 Å². The van der Waals surface area contributed by atoms with Crippen LogP contribution in [-0.2, 0) is 6.42 Å². The molecule has 3 rings (SSSR count). The number of phenols is 1. The molecular weight excluding hydrogens is 258 g/mol. The fourth-order valence-corrected chi connectivity index (χ4v) is 1.90. The number of nitrogens with two attached hydrogens (primary N) is 1. The van der Waals surface area contributed by atoms with Crippen molar-refractivity contribution in [1.29, 1.82) is 0 Å². The number of aromatic nitrogens is 4. The first-order valence-electron chi connectivity index (χ1n) is 5.92. The predicted molar refractivity (Wildman–Crippen MR) is 70.2 cm³/mol. The molecule has 2 aromatic heterocycles. The second-order valence-electron chi connectivity index (χ2n) is 4.33. The lowest BCUT2D eigenvalue weighted by Crippen LogP contribution is -2.16. The zero-order valence-electron chi connectivity index (χ0n) is 10.4. The number of hydrogen-bond acceptors (Lipinski definition) is 5. The Balaban J connectivity index is 1.97. The molecule has 3 aromatic rings. The minimum Gasteiger partial charge on any atom is -0.508 e. The van der Waals surface area contributed by atoms with Crippen LogP contribution in [0.15, 0.2) is 36.4 Å². The molecule has 0 spiro atoms.